The number of carbonyl (C=O) groups excluding carboxylic acids is 1. The molecule has 2 aromatic carbocycles. The van der Waals surface area contributed by atoms with Crippen LogP contribution in [-0.2, 0) is 4.79 Å². The SMILES string of the molecule is O=C1/C(=C/c2ccc(-c3ccccc3[N+](=O)[O-])s2)NC(=S)N1c1ccccc1F. The van der Waals surface area contributed by atoms with E-state index in [0.717, 1.165) is 4.90 Å². The van der Waals surface area contributed by atoms with Crippen molar-refractivity contribution >= 4 is 52.0 Å². The summed E-state index contributed by atoms with van der Waals surface area (Å²) in [5.41, 5.74) is 0.788. The largest absolute Gasteiger partial charge is 0.327 e. The summed E-state index contributed by atoms with van der Waals surface area (Å²) in [6.45, 7) is 0. The fourth-order valence-corrected chi connectivity index (χ4v) is 4.22. The molecule has 6 nitrogen and oxygen atoms in total. The van der Waals surface area contributed by atoms with Gasteiger partial charge < -0.3 is 5.32 Å². The highest BCUT2D eigenvalue weighted by Gasteiger charge is 2.33. The summed E-state index contributed by atoms with van der Waals surface area (Å²) < 4.78 is 14.1. The monoisotopic (exact) mass is 425 g/mol. The van der Waals surface area contributed by atoms with Crippen LogP contribution >= 0.6 is 23.6 Å². The van der Waals surface area contributed by atoms with E-state index in [9.17, 15) is 19.3 Å². The number of nitrogens with zero attached hydrogens (tertiary/aromatic N) is 2. The molecule has 3 aromatic rings. The van der Waals surface area contributed by atoms with Crippen molar-refractivity contribution < 1.29 is 14.1 Å². The molecule has 9 heteroatoms. The maximum absolute atomic E-state index is 14.1. The Balaban J connectivity index is 1.65. The molecule has 1 amide bonds. The lowest BCUT2D eigenvalue weighted by atomic mass is 10.1. The molecule has 1 aromatic heterocycles. The van der Waals surface area contributed by atoms with Crippen molar-refractivity contribution in [1.29, 1.82) is 0 Å². The summed E-state index contributed by atoms with van der Waals surface area (Å²) in [4.78, 5) is 26.1. The van der Waals surface area contributed by atoms with E-state index in [2.05, 4.69) is 5.32 Å². The summed E-state index contributed by atoms with van der Waals surface area (Å²) in [6.07, 6.45) is 1.60. The standard InChI is InChI=1S/C20H12FN3O3S2/c21-14-6-2-4-8-17(14)23-19(25)15(22-20(23)28)11-12-9-10-18(29-12)13-5-1-3-7-16(13)24(26)27/h1-11H,(H,22,28)/b15-11-. The number of amides is 1. The molecule has 29 heavy (non-hydrogen) atoms. The maximum atomic E-state index is 14.1. The molecule has 1 N–H and O–H groups in total. The normalized spacial score (nSPS) is 15.1. The minimum atomic E-state index is -0.555. The first-order chi connectivity index (χ1) is 14.0. The molecule has 0 atom stereocenters. The van der Waals surface area contributed by atoms with Crippen LogP contribution < -0.4 is 10.2 Å². The molecule has 144 valence electrons. The Morgan fingerprint density at radius 2 is 1.83 bits per heavy atom. The van der Waals surface area contributed by atoms with Crippen LogP contribution in [0.15, 0.2) is 66.4 Å². The zero-order chi connectivity index (χ0) is 20.5. The zero-order valence-electron chi connectivity index (χ0n) is 14.7. The van der Waals surface area contributed by atoms with Gasteiger partial charge in [-0.15, -0.1) is 11.3 Å². The van der Waals surface area contributed by atoms with Crippen molar-refractivity contribution in [1.82, 2.24) is 5.32 Å². The molecule has 0 radical (unpaired) electrons. The van der Waals surface area contributed by atoms with Crippen LogP contribution in [0.3, 0.4) is 0 Å². The molecule has 0 saturated carbocycles. The lowest BCUT2D eigenvalue weighted by Gasteiger charge is -2.14. The van der Waals surface area contributed by atoms with Crippen LogP contribution in [-0.4, -0.2) is 15.9 Å². The quantitative estimate of drug-likeness (QED) is 0.283. The highest BCUT2D eigenvalue weighted by Crippen LogP contribution is 2.35. The topological polar surface area (TPSA) is 75.5 Å². The predicted molar refractivity (Wildman–Crippen MR) is 114 cm³/mol. The average Bonchev–Trinajstić information content (AvgIpc) is 3.27. The van der Waals surface area contributed by atoms with Gasteiger partial charge in [-0.25, -0.2) is 9.29 Å². The third-order valence-electron chi connectivity index (χ3n) is 4.25. The van der Waals surface area contributed by atoms with E-state index in [0.29, 0.717) is 15.3 Å². The molecule has 0 spiro atoms. The van der Waals surface area contributed by atoms with Gasteiger partial charge in [0, 0.05) is 15.8 Å². The number of halogens is 1. The smallest absolute Gasteiger partial charge is 0.281 e. The molecule has 0 aliphatic carbocycles. The van der Waals surface area contributed by atoms with Crippen molar-refractivity contribution in [2.45, 2.75) is 0 Å². The van der Waals surface area contributed by atoms with Crippen LogP contribution in [0.25, 0.3) is 16.5 Å². The van der Waals surface area contributed by atoms with Gasteiger partial charge in [-0.2, -0.15) is 0 Å². The van der Waals surface area contributed by atoms with Crippen LogP contribution in [0.1, 0.15) is 4.88 Å². The minimum Gasteiger partial charge on any atom is -0.327 e. The Kier molecular flexibility index (Phi) is 4.91. The fourth-order valence-electron chi connectivity index (χ4n) is 2.95. The minimum absolute atomic E-state index is 0.00975. The van der Waals surface area contributed by atoms with E-state index < -0.39 is 16.6 Å². The van der Waals surface area contributed by atoms with E-state index in [-0.39, 0.29) is 22.2 Å². The van der Waals surface area contributed by atoms with E-state index in [4.69, 9.17) is 12.2 Å². The molecule has 4 rings (SSSR count). The van der Waals surface area contributed by atoms with Gasteiger partial charge in [-0.1, -0.05) is 24.3 Å². The summed E-state index contributed by atoms with van der Waals surface area (Å²) in [5, 5.41) is 14.1. The fraction of sp³-hybridized carbons (Fsp3) is 0. The number of hydrogen-bond donors (Lipinski definition) is 1. The molecule has 1 saturated heterocycles. The number of nitro groups is 1. The second-order valence-electron chi connectivity index (χ2n) is 6.06. The van der Waals surface area contributed by atoms with Gasteiger partial charge in [0.15, 0.2) is 5.11 Å². The van der Waals surface area contributed by atoms with Gasteiger partial charge >= 0.3 is 0 Å². The van der Waals surface area contributed by atoms with E-state index in [1.54, 1.807) is 42.5 Å². The van der Waals surface area contributed by atoms with Crippen LogP contribution in [0.4, 0.5) is 15.8 Å². The average molecular weight is 425 g/mol. The number of benzene rings is 2. The number of carbonyl (C=O) groups is 1. The molecule has 1 aliphatic rings. The number of rotatable bonds is 4. The first kappa shape index (κ1) is 18.9. The van der Waals surface area contributed by atoms with Crippen molar-refractivity contribution in [3.63, 3.8) is 0 Å². The van der Waals surface area contributed by atoms with E-state index in [1.807, 2.05) is 0 Å². The molecular weight excluding hydrogens is 413 g/mol. The highest BCUT2D eigenvalue weighted by molar-refractivity contribution is 7.80. The Morgan fingerprint density at radius 1 is 1.10 bits per heavy atom. The highest BCUT2D eigenvalue weighted by atomic mass is 32.1. The van der Waals surface area contributed by atoms with Crippen LogP contribution in [0, 0.1) is 15.9 Å². The maximum Gasteiger partial charge on any atom is 0.281 e. The first-order valence-electron chi connectivity index (χ1n) is 8.41. The number of para-hydroxylation sites is 2. The third kappa shape index (κ3) is 3.53. The second-order valence-corrected chi connectivity index (χ2v) is 7.56. The molecule has 0 unspecified atom stereocenters. The first-order valence-corrected chi connectivity index (χ1v) is 9.63. The second kappa shape index (κ2) is 7.53. The van der Waals surface area contributed by atoms with Gasteiger partial charge in [0.05, 0.1) is 16.2 Å². The van der Waals surface area contributed by atoms with Crippen molar-refractivity contribution in [2.24, 2.45) is 0 Å². The molecule has 1 aliphatic heterocycles. The molecular formula is C20H12FN3O3S2. The van der Waals surface area contributed by atoms with E-state index in [1.165, 1.54) is 35.6 Å². The van der Waals surface area contributed by atoms with Crippen LogP contribution in [0.2, 0.25) is 0 Å². The molecule has 1 fully saturated rings. The Labute approximate surface area is 174 Å². The predicted octanol–water partition coefficient (Wildman–Crippen LogP) is 4.72. The Morgan fingerprint density at radius 3 is 2.59 bits per heavy atom. The number of nitro benzene ring substituents is 1. The van der Waals surface area contributed by atoms with Gasteiger partial charge in [-0.05, 0) is 48.6 Å². The Bertz CT molecular complexity index is 1190. The van der Waals surface area contributed by atoms with Gasteiger partial charge in [0.25, 0.3) is 11.6 Å². The number of thiocarbonyl (C=S) groups is 1. The third-order valence-corrected chi connectivity index (χ3v) is 5.60. The number of hydrogen-bond acceptors (Lipinski definition) is 5. The summed E-state index contributed by atoms with van der Waals surface area (Å²) in [5.74, 6) is -1.03. The van der Waals surface area contributed by atoms with E-state index >= 15 is 0 Å². The van der Waals surface area contributed by atoms with Gasteiger partial charge in [0.1, 0.15) is 11.5 Å². The van der Waals surface area contributed by atoms with Gasteiger partial charge in [-0.3, -0.25) is 14.9 Å². The number of nitrogens with one attached hydrogen (secondary N) is 1. The van der Waals surface area contributed by atoms with Crippen molar-refractivity contribution in [2.75, 3.05) is 4.90 Å². The molecule has 0 bridgehead atoms. The molecule has 2 heterocycles. The summed E-state index contributed by atoms with van der Waals surface area (Å²) in [6, 6.07) is 15.8. The summed E-state index contributed by atoms with van der Waals surface area (Å²) in [7, 11) is 0. The lowest BCUT2D eigenvalue weighted by Crippen LogP contribution is -2.31. The van der Waals surface area contributed by atoms with Crippen molar-refractivity contribution in [3.05, 3.63) is 87.2 Å². The van der Waals surface area contributed by atoms with Crippen LogP contribution in [0.5, 0.6) is 0 Å². The van der Waals surface area contributed by atoms with Gasteiger partial charge in [0.2, 0.25) is 0 Å². The number of anilines is 1. The number of thiophene rings is 1. The lowest BCUT2D eigenvalue weighted by molar-refractivity contribution is -0.384. The summed E-state index contributed by atoms with van der Waals surface area (Å²) >= 11 is 6.49. The Hall–Kier alpha value is -3.43. The zero-order valence-corrected chi connectivity index (χ0v) is 16.3. The van der Waals surface area contributed by atoms with Crippen molar-refractivity contribution in [3.8, 4) is 10.4 Å².